The first-order valence-electron chi connectivity index (χ1n) is 11.9. The van der Waals surface area contributed by atoms with Crippen LogP contribution in [0.4, 0.5) is 0 Å². The molecular formula is C26H26N4O5S. The number of fused-ring (bicyclic) bond motifs is 1. The number of hydrogen-bond acceptors (Lipinski definition) is 8. The van der Waals surface area contributed by atoms with E-state index in [1.54, 1.807) is 23.4 Å². The van der Waals surface area contributed by atoms with E-state index in [1.165, 1.54) is 7.11 Å². The number of hydrogen-bond donors (Lipinski definition) is 0. The van der Waals surface area contributed by atoms with Crippen molar-refractivity contribution in [2.45, 2.75) is 25.4 Å². The van der Waals surface area contributed by atoms with Gasteiger partial charge in [0.15, 0.2) is 0 Å². The van der Waals surface area contributed by atoms with Gasteiger partial charge in [0, 0.05) is 42.2 Å². The van der Waals surface area contributed by atoms with E-state index in [1.807, 2.05) is 24.3 Å². The molecule has 10 heteroatoms. The fourth-order valence-corrected chi connectivity index (χ4v) is 6.40. The van der Waals surface area contributed by atoms with Crippen LogP contribution in [0.1, 0.15) is 24.8 Å². The zero-order valence-electron chi connectivity index (χ0n) is 19.9. The summed E-state index contributed by atoms with van der Waals surface area (Å²) in [5.41, 5.74) is 2.76. The van der Waals surface area contributed by atoms with E-state index < -0.39 is 9.84 Å². The Kier molecular flexibility index (Phi) is 6.49. The second-order valence-corrected chi connectivity index (χ2v) is 11.5. The highest BCUT2D eigenvalue weighted by Crippen LogP contribution is 2.32. The molecule has 186 valence electrons. The van der Waals surface area contributed by atoms with Crippen molar-refractivity contribution in [2.75, 3.05) is 31.7 Å². The van der Waals surface area contributed by atoms with E-state index in [4.69, 9.17) is 9.47 Å². The maximum absolute atomic E-state index is 12.9. The summed E-state index contributed by atoms with van der Waals surface area (Å²) in [4.78, 5) is 23.4. The number of carbonyl (C=O) groups is 1. The van der Waals surface area contributed by atoms with Crippen molar-refractivity contribution >= 4 is 26.6 Å². The van der Waals surface area contributed by atoms with Gasteiger partial charge in [-0.15, -0.1) is 0 Å². The maximum Gasteiger partial charge on any atom is 0.231 e. The summed E-state index contributed by atoms with van der Waals surface area (Å²) in [7, 11) is -1.52. The van der Waals surface area contributed by atoms with Gasteiger partial charge in [-0.1, -0.05) is 0 Å². The molecule has 2 saturated heterocycles. The van der Waals surface area contributed by atoms with Crippen LogP contribution < -0.4 is 9.47 Å². The quantitative estimate of drug-likeness (QED) is 0.518. The second-order valence-electron chi connectivity index (χ2n) is 9.17. The van der Waals surface area contributed by atoms with Crippen LogP contribution in [-0.4, -0.2) is 67.0 Å². The van der Waals surface area contributed by atoms with Crippen molar-refractivity contribution in [3.8, 4) is 28.8 Å². The van der Waals surface area contributed by atoms with Crippen LogP contribution in [0.25, 0.3) is 22.0 Å². The molecule has 1 aromatic carbocycles. The van der Waals surface area contributed by atoms with Gasteiger partial charge in [0.1, 0.15) is 33.3 Å². The minimum atomic E-state index is -3.00. The lowest BCUT2D eigenvalue weighted by atomic mass is 10.0. The van der Waals surface area contributed by atoms with Gasteiger partial charge in [-0.25, -0.2) is 13.4 Å². The Morgan fingerprint density at radius 3 is 2.69 bits per heavy atom. The third-order valence-corrected chi connectivity index (χ3v) is 8.57. The Morgan fingerprint density at radius 2 is 1.94 bits per heavy atom. The fraction of sp³-hybridized carbons (Fsp3) is 0.385. The molecule has 4 heterocycles. The van der Waals surface area contributed by atoms with E-state index >= 15 is 0 Å². The molecule has 36 heavy (non-hydrogen) atoms. The molecule has 2 aliphatic heterocycles. The minimum Gasteiger partial charge on any atom is -0.488 e. The summed E-state index contributed by atoms with van der Waals surface area (Å²) in [6.07, 6.45) is 4.74. The highest BCUT2D eigenvalue weighted by Gasteiger charge is 2.35. The van der Waals surface area contributed by atoms with Gasteiger partial charge in [-0.05, 0) is 48.7 Å². The van der Waals surface area contributed by atoms with Crippen molar-refractivity contribution in [2.24, 2.45) is 5.92 Å². The van der Waals surface area contributed by atoms with Crippen molar-refractivity contribution < 1.29 is 22.7 Å². The predicted octanol–water partition coefficient (Wildman–Crippen LogP) is 2.98. The summed E-state index contributed by atoms with van der Waals surface area (Å²) in [5.74, 6) is 0.925. The molecule has 1 amide bonds. The van der Waals surface area contributed by atoms with E-state index in [2.05, 4.69) is 16.0 Å². The Balaban J connectivity index is 1.32. The molecule has 3 aromatic rings. The number of nitriles is 1. The zero-order chi connectivity index (χ0) is 25.3. The van der Waals surface area contributed by atoms with Gasteiger partial charge in [-0.2, -0.15) is 5.26 Å². The summed E-state index contributed by atoms with van der Waals surface area (Å²) in [5, 5.41) is 10.3. The zero-order valence-corrected chi connectivity index (χ0v) is 20.7. The fourth-order valence-electron chi connectivity index (χ4n) is 4.90. The first-order chi connectivity index (χ1) is 17.4. The predicted molar refractivity (Wildman–Crippen MR) is 133 cm³/mol. The summed E-state index contributed by atoms with van der Waals surface area (Å²) in [6, 6.07) is 11.4. The molecule has 2 aliphatic rings. The maximum atomic E-state index is 12.9. The Bertz CT molecular complexity index is 1450. The molecule has 9 nitrogen and oxygen atoms in total. The smallest absolute Gasteiger partial charge is 0.231 e. The third-order valence-electron chi connectivity index (χ3n) is 6.85. The number of aromatic nitrogens is 2. The average molecular weight is 507 g/mol. The molecule has 0 spiro atoms. The lowest BCUT2D eigenvalue weighted by Gasteiger charge is -2.26. The highest BCUT2D eigenvalue weighted by atomic mass is 32.2. The van der Waals surface area contributed by atoms with Crippen molar-refractivity contribution in [3.05, 3.63) is 48.3 Å². The number of carbonyl (C=O) groups excluding carboxylic acids is 1. The van der Waals surface area contributed by atoms with Gasteiger partial charge in [0.25, 0.3) is 0 Å². The normalized spacial score (nSPS) is 19.7. The monoisotopic (exact) mass is 506 g/mol. The highest BCUT2D eigenvalue weighted by molar-refractivity contribution is 7.91. The molecule has 1 unspecified atom stereocenters. The SMILES string of the molecule is COc1ncc(-c2ccnc3ccc(OC4CCN(C(=O)C5CCS(=O)(=O)CC5)C4)cc23)cc1C#N. The number of methoxy groups -OCH3 is 1. The molecule has 1 atom stereocenters. The third kappa shape index (κ3) is 4.84. The number of amides is 1. The van der Waals surface area contributed by atoms with Crippen molar-refractivity contribution in [1.82, 2.24) is 14.9 Å². The van der Waals surface area contributed by atoms with Crippen LogP contribution in [0.3, 0.4) is 0 Å². The molecule has 5 rings (SSSR count). The Morgan fingerprint density at radius 1 is 1.14 bits per heavy atom. The molecular weight excluding hydrogens is 480 g/mol. The molecule has 2 aromatic heterocycles. The number of rotatable bonds is 5. The van der Waals surface area contributed by atoms with Crippen molar-refractivity contribution in [3.63, 3.8) is 0 Å². The molecule has 0 N–H and O–H groups in total. The molecule has 0 radical (unpaired) electrons. The Labute approximate surface area is 209 Å². The first-order valence-corrected chi connectivity index (χ1v) is 13.7. The van der Waals surface area contributed by atoms with Crippen LogP contribution in [-0.2, 0) is 14.6 Å². The largest absolute Gasteiger partial charge is 0.488 e. The summed E-state index contributed by atoms with van der Waals surface area (Å²) >= 11 is 0. The van der Waals surface area contributed by atoms with Crippen LogP contribution in [0, 0.1) is 17.2 Å². The number of sulfone groups is 1. The van der Waals surface area contributed by atoms with E-state index in [0.717, 1.165) is 22.0 Å². The van der Waals surface area contributed by atoms with Gasteiger partial charge < -0.3 is 14.4 Å². The van der Waals surface area contributed by atoms with E-state index in [9.17, 15) is 18.5 Å². The van der Waals surface area contributed by atoms with Gasteiger partial charge in [-0.3, -0.25) is 9.78 Å². The standard InChI is InChI=1S/C26H26N4O5S/c1-34-25-18(14-27)12-19(15-29-25)22-4-8-28-24-3-2-20(13-23(22)24)35-21-5-9-30(16-21)26(31)17-6-10-36(32,33)11-7-17/h2-4,8,12-13,15,17,21H,5-7,9-11,16H2,1H3. The Hall–Kier alpha value is -3.71. The molecule has 0 saturated carbocycles. The van der Waals surface area contributed by atoms with Crippen LogP contribution >= 0.6 is 0 Å². The van der Waals surface area contributed by atoms with Gasteiger partial charge in [0.05, 0.1) is 30.7 Å². The number of nitrogens with zero attached hydrogens (tertiary/aromatic N) is 4. The molecule has 0 bridgehead atoms. The number of likely N-dealkylation sites (tertiary alicyclic amines) is 1. The number of ether oxygens (including phenoxy) is 2. The van der Waals surface area contributed by atoms with Crippen LogP contribution in [0.2, 0.25) is 0 Å². The van der Waals surface area contributed by atoms with Crippen LogP contribution in [0.5, 0.6) is 11.6 Å². The van der Waals surface area contributed by atoms with E-state index in [0.29, 0.717) is 43.7 Å². The van der Waals surface area contributed by atoms with Crippen molar-refractivity contribution in [1.29, 1.82) is 5.26 Å². The molecule has 2 fully saturated rings. The van der Waals surface area contributed by atoms with Gasteiger partial charge >= 0.3 is 0 Å². The lowest BCUT2D eigenvalue weighted by Crippen LogP contribution is -2.39. The molecule has 0 aliphatic carbocycles. The summed E-state index contributed by atoms with van der Waals surface area (Å²) in [6.45, 7) is 1.08. The minimum absolute atomic E-state index is 0.0290. The number of benzene rings is 1. The first kappa shape index (κ1) is 24.0. The second kappa shape index (κ2) is 9.74. The summed E-state index contributed by atoms with van der Waals surface area (Å²) < 4.78 is 34.8. The lowest BCUT2D eigenvalue weighted by molar-refractivity contribution is -0.135. The average Bonchev–Trinajstić information content (AvgIpc) is 3.36. The number of pyridine rings is 2. The van der Waals surface area contributed by atoms with E-state index in [-0.39, 0.29) is 35.3 Å². The van der Waals surface area contributed by atoms with Gasteiger partial charge in [0.2, 0.25) is 11.8 Å². The topological polar surface area (TPSA) is 122 Å². The van der Waals surface area contributed by atoms with Crippen LogP contribution in [0.15, 0.2) is 42.7 Å².